The molecular weight excluding hydrogens is 224 g/mol. The van der Waals surface area contributed by atoms with Crippen LogP contribution in [-0.4, -0.2) is 13.2 Å². The summed E-state index contributed by atoms with van der Waals surface area (Å²) in [5.74, 6) is 2.85. The summed E-state index contributed by atoms with van der Waals surface area (Å²) < 4.78 is 11.8. The Morgan fingerprint density at radius 1 is 0.778 bits per heavy atom. The van der Waals surface area contributed by atoms with Crippen molar-refractivity contribution in [1.82, 2.24) is 0 Å². The fraction of sp³-hybridized carbons (Fsp3) is 0.625. The lowest BCUT2D eigenvalue weighted by molar-refractivity contribution is 0.227. The van der Waals surface area contributed by atoms with Gasteiger partial charge in [-0.15, -0.1) is 0 Å². The second-order valence-electron chi connectivity index (χ2n) is 5.77. The van der Waals surface area contributed by atoms with Crippen LogP contribution in [0.5, 0.6) is 11.5 Å². The van der Waals surface area contributed by atoms with Crippen LogP contribution < -0.4 is 9.47 Å². The Bertz CT molecular complexity index is 344. The maximum Gasteiger partial charge on any atom is 0.164 e. The molecule has 102 valence electrons. The molecule has 0 aliphatic heterocycles. The molecule has 0 atom stereocenters. The van der Waals surface area contributed by atoms with Gasteiger partial charge in [0.1, 0.15) is 0 Å². The highest BCUT2D eigenvalue weighted by atomic mass is 16.5. The quantitative estimate of drug-likeness (QED) is 0.746. The molecule has 0 spiro atoms. The summed E-state index contributed by atoms with van der Waals surface area (Å²) in [7, 11) is 0. The summed E-state index contributed by atoms with van der Waals surface area (Å²) in [4.78, 5) is 0. The van der Waals surface area contributed by atoms with Crippen LogP contribution in [0.1, 0.15) is 38.8 Å². The van der Waals surface area contributed by atoms with Crippen LogP contribution in [0.25, 0.3) is 0 Å². The highest BCUT2D eigenvalue weighted by Crippen LogP contribution is 2.35. The van der Waals surface area contributed by atoms with E-state index in [-0.39, 0.29) is 0 Å². The number of hydrogen-bond donors (Lipinski definition) is 0. The van der Waals surface area contributed by atoms with Crippen molar-refractivity contribution in [2.75, 3.05) is 13.2 Å². The number of aryl methyl sites for hydroxylation is 2. The first-order valence-corrected chi connectivity index (χ1v) is 6.77. The third-order valence-electron chi connectivity index (χ3n) is 2.63. The fourth-order valence-corrected chi connectivity index (χ4v) is 1.62. The van der Waals surface area contributed by atoms with Crippen molar-refractivity contribution in [3.8, 4) is 11.5 Å². The second kappa shape index (κ2) is 6.67. The summed E-state index contributed by atoms with van der Waals surface area (Å²) in [6, 6.07) is 4.18. The number of hydrogen-bond acceptors (Lipinski definition) is 2. The lowest BCUT2D eigenvalue weighted by Crippen LogP contribution is -2.10. The van der Waals surface area contributed by atoms with Crippen molar-refractivity contribution in [2.45, 2.75) is 41.5 Å². The smallest absolute Gasteiger partial charge is 0.164 e. The summed E-state index contributed by atoms with van der Waals surface area (Å²) in [5.41, 5.74) is 2.28. The summed E-state index contributed by atoms with van der Waals surface area (Å²) >= 11 is 0. The minimum Gasteiger partial charge on any atom is -0.489 e. The molecule has 0 heterocycles. The highest BCUT2D eigenvalue weighted by Gasteiger charge is 2.13. The molecule has 0 N–H and O–H groups in total. The Hall–Kier alpha value is -1.18. The molecule has 0 unspecified atom stereocenters. The van der Waals surface area contributed by atoms with Crippen molar-refractivity contribution in [3.63, 3.8) is 0 Å². The Morgan fingerprint density at radius 3 is 1.39 bits per heavy atom. The Morgan fingerprint density at radius 2 is 1.11 bits per heavy atom. The van der Waals surface area contributed by atoms with E-state index in [4.69, 9.17) is 9.47 Å². The molecule has 2 heteroatoms. The van der Waals surface area contributed by atoms with Crippen molar-refractivity contribution in [2.24, 2.45) is 11.8 Å². The summed E-state index contributed by atoms with van der Waals surface area (Å²) in [6.07, 6.45) is 0. The van der Waals surface area contributed by atoms with Gasteiger partial charge in [-0.3, -0.25) is 0 Å². The predicted molar refractivity (Wildman–Crippen MR) is 76.6 cm³/mol. The maximum atomic E-state index is 5.92. The van der Waals surface area contributed by atoms with E-state index in [9.17, 15) is 0 Å². The van der Waals surface area contributed by atoms with Gasteiger partial charge in [-0.25, -0.2) is 0 Å². The Balaban J connectivity index is 2.93. The zero-order chi connectivity index (χ0) is 13.7. The van der Waals surface area contributed by atoms with Gasteiger partial charge in [0.2, 0.25) is 0 Å². The molecule has 0 aliphatic carbocycles. The third-order valence-corrected chi connectivity index (χ3v) is 2.63. The van der Waals surface area contributed by atoms with Gasteiger partial charge in [-0.05, 0) is 36.8 Å². The van der Waals surface area contributed by atoms with E-state index >= 15 is 0 Å². The first-order valence-electron chi connectivity index (χ1n) is 6.77. The zero-order valence-electron chi connectivity index (χ0n) is 12.5. The molecule has 0 aromatic heterocycles. The monoisotopic (exact) mass is 250 g/mol. The first-order chi connectivity index (χ1) is 8.41. The highest BCUT2D eigenvalue weighted by molar-refractivity contribution is 5.51. The lowest BCUT2D eigenvalue weighted by atomic mass is 10.1. The van der Waals surface area contributed by atoms with E-state index in [0.29, 0.717) is 11.8 Å². The molecule has 0 fully saturated rings. The van der Waals surface area contributed by atoms with Gasteiger partial charge in [0.25, 0.3) is 0 Å². The Kier molecular flexibility index (Phi) is 5.52. The van der Waals surface area contributed by atoms with Gasteiger partial charge in [0.15, 0.2) is 11.5 Å². The summed E-state index contributed by atoms with van der Waals surface area (Å²) in [6.45, 7) is 14.2. The van der Waals surface area contributed by atoms with Gasteiger partial charge in [-0.2, -0.15) is 0 Å². The van der Waals surface area contributed by atoms with Crippen LogP contribution in [0, 0.1) is 25.7 Å². The Labute approximate surface area is 111 Å². The molecule has 0 aliphatic rings. The minimum absolute atomic E-state index is 0.517. The van der Waals surface area contributed by atoms with Gasteiger partial charge in [0, 0.05) is 0 Å². The number of rotatable bonds is 6. The molecule has 0 bridgehead atoms. The lowest BCUT2D eigenvalue weighted by Gasteiger charge is -2.19. The molecule has 0 radical (unpaired) electrons. The van der Waals surface area contributed by atoms with E-state index in [0.717, 1.165) is 35.8 Å². The molecular formula is C16H26O2. The van der Waals surface area contributed by atoms with Crippen molar-refractivity contribution in [3.05, 3.63) is 23.3 Å². The van der Waals surface area contributed by atoms with E-state index < -0.39 is 0 Å². The third kappa shape index (κ3) is 4.25. The van der Waals surface area contributed by atoms with Crippen LogP contribution in [0.4, 0.5) is 0 Å². The molecule has 0 amide bonds. The normalized spacial score (nSPS) is 11.1. The van der Waals surface area contributed by atoms with Crippen LogP contribution in [0.2, 0.25) is 0 Å². The standard InChI is InChI=1S/C16H26O2/c1-11(2)9-17-15-13(5)7-8-14(6)16(15)18-10-12(3)4/h7-8,11-12H,9-10H2,1-6H3. The molecule has 0 saturated carbocycles. The molecule has 1 aromatic rings. The van der Waals surface area contributed by atoms with E-state index in [2.05, 4.69) is 53.7 Å². The fourth-order valence-electron chi connectivity index (χ4n) is 1.62. The van der Waals surface area contributed by atoms with Gasteiger partial charge in [-0.1, -0.05) is 39.8 Å². The molecule has 1 rings (SSSR count). The van der Waals surface area contributed by atoms with Crippen molar-refractivity contribution in [1.29, 1.82) is 0 Å². The topological polar surface area (TPSA) is 18.5 Å². The van der Waals surface area contributed by atoms with E-state index in [1.165, 1.54) is 0 Å². The average molecular weight is 250 g/mol. The predicted octanol–water partition coefficient (Wildman–Crippen LogP) is 4.37. The van der Waals surface area contributed by atoms with Crippen molar-refractivity contribution < 1.29 is 9.47 Å². The first kappa shape index (κ1) is 14.9. The number of benzene rings is 1. The zero-order valence-corrected chi connectivity index (χ0v) is 12.5. The minimum atomic E-state index is 0.517. The van der Waals surface area contributed by atoms with E-state index in [1.54, 1.807) is 0 Å². The average Bonchev–Trinajstić information content (AvgIpc) is 2.28. The molecule has 1 aromatic carbocycles. The summed E-state index contributed by atoms with van der Waals surface area (Å²) in [5, 5.41) is 0. The van der Waals surface area contributed by atoms with Crippen LogP contribution in [0.3, 0.4) is 0 Å². The molecule has 2 nitrogen and oxygen atoms in total. The largest absolute Gasteiger partial charge is 0.489 e. The van der Waals surface area contributed by atoms with Gasteiger partial charge >= 0.3 is 0 Å². The van der Waals surface area contributed by atoms with Crippen molar-refractivity contribution >= 4 is 0 Å². The molecule has 0 saturated heterocycles. The van der Waals surface area contributed by atoms with Gasteiger partial charge < -0.3 is 9.47 Å². The maximum absolute atomic E-state index is 5.92. The van der Waals surface area contributed by atoms with E-state index in [1.807, 2.05) is 0 Å². The van der Waals surface area contributed by atoms with Crippen LogP contribution >= 0.6 is 0 Å². The van der Waals surface area contributed by atoms with Gasteiger partial charge in [0.05, 0.1) is 13.2 Å². The van der Waals surface area contributed by atoms with Crippen LogP contribution in [0.15, 0.2) is 12.1 Å². The molecule has 18 heavy (non-hydrogen) atoms. The van der Waals surface area contributed by atoms with Crippen LogP contribution in [-0.2, 0) is 0 Å². The number of ether oxygens (including phenoxy) is 2. The SMILES string of the molecule is Cc1ccc(C)c(OCC(C)C)c1OCC(C)C. The second-order valence-corrected chi connectivity index (χ2v) is 5.77.